The molecule has 2 aromatic rings. The van der Waals surface area contributed by atoms with Gasteiger partial charge < -0.3 is 15.7 Å². The third kappa shape index (κ3) is 12.3. The number of hydrogen-bond donors (Lipinski definition) is 4. The second-order valence-corrected chi connectivity index (χ2v) is 8.38. The highest BCUT2D eigenvalue weighted by Crippen LogP contribution is 2.17. The van der Waals surface area contributed by atoms with Crippen LogP contribution in [0.5, 0.6) is 0 Å². The standard InChI is InChI=1S/C15H21N3O2.C11H15FN2.CH3F/c1-4-5-11-8-13(7-6-12(11)9-16)17-10-18-15(2,3)14(19)20;1-9(3-6-12)14-10(2)11-4-7-13-8-5-11;1-2/h6-8,17-18H,4-5,10H2,1-3H3,(H,19,20);3-5,7-8,10,14H,6H2,1-2H3;1H3/b;9-3-;. The third-order valence-corrected chi connectivity index (χ3v) is 5.14. The number of pyridine rings is 1. The van der Waals surface area contributed by atoms with Gasteiger partial charge in [-0.1, -0.05) is 13.3 Å². The number of allylic oxidation sites excluding steroid dienone is 2. The van der Waals surface area contributed by atoms with Gasteiger partial charge in [0.25, 0.3) is 0 Å². The molecule has 0 aliphatic carbocycles. The minimum atomic E-state index is -0.980. The maximum atomic E-state index is 12.0. The summed E-state index contributed by atoms with van der Waals surface area (Å²) in [4.78, 5) is 14.9. The number of anilines is 1. The van der Waals surface area contributed by atoms with Crippen LogP contribution in [-0.4, -0.2) is 42.1 Å². The van der Waals surface area contributed by atoms with Crippen molar-refractivity contribution < 1.29 is 18.7 Å². The van der Waals surface area contributed by atoms with Crippen molar-refractivity contribution in [3.63, 3.8) is 0 Å². The molecule has 0 aliphatic heterocycles. The van der Waals surface area contributed by atoms with Crippen molar-refractivity contribution in [1.29, 1.82) is 5.26 Å². The summed E-state index contributed by atoms with van der Waals surface area (Å²) in [5.74, 6) is -0.897. The molecule has 1 heterocycles. The van der Waals surface area contributed by atoms with Crippen LogP contribution in [0.15, 0.2) is 54.5 Å². The van der Waals surface area contributed by atoms with Gasteiger partial charge in [0, 0.05) is 29.8 Å². The summed E-state index contributed by atoms with van der Waals surface area (Å²) in [7, 11) is 0.500. The zero-order valence-electron chi connectivity index (χ0n) is 22.0. The highest BCUT2D eigenvalue weighted by Gasteiger charge is 2.25. The van der Waals surface area contributed by atoms with Crippen molar-refractivity contribution in [3.8, 4) is 6.07 Å². The Morgan fingerprint density at radius 1 is 1.25 bits per heavy atom. The number of nitriles is 1. The minimum Gasteiger partial charge on any atom is -0.480 e. The van der Waals surface area contributed by atoms with Crippen LogP contribution in [0.25, 0.3) is 0 Å². The van der Waals surface area contributed by atoms with Gasteiger partial charge in [0.1, 0.15) is 12.2 Å². The molecule has 198 valence electrons. The molecular weight excluding hydrogens is 464 g/mol. The van der Waals surface area contributed by atoms with Crippen molar-refractivity contribution in [3.05, 3.63) is 71.2 Å². The molecule has 0 spiro atoms. The summed E-state index contributed by atoms with van der Waals surface area (Å²) in [6.45, 7) is 9.09. The van der Waals surface area contributed by atoms with E-state index in [0.29, 0.717) is 19.4 Å². The first kappa shape index (κ1) is 32.5. The predicted octanol–water partition coefficient (Wildman–Crippen LogP) is 5.52. The number of rotatable bonds is 11. The number of nitrogens with one attached hydrogen (secondary N) is 3. The topological polar surface area (TPSA) is 110 Å². The Hall–Kier alpha value is -3.51. The number of aromatic nitrogens is 1. The molecule has 0 saturated carbocycles. The highest BCUT2D eigenvalue weighted by molar-refractivity contribution is 5.77. The molecule has 2 rings (SSSR count). The molecule has 1 atom stereocenters. The van der Waals surface area contributed by atoms with E-state index >= 15 is 0 Å². The average Bonchev–Trinajstić information content (AvgIpc) is 2.86. The molecule has 0 saturated heterocycles. The van der Waals surface area contributed by atoms with Crippen LogP contribution in [-0.2, 0) is 11.2 Å². The van der Waals surface area contributed by atoms with Gasteiger partial charge in [-0.25, -0.2) is 4.39 Å². The fraction of sp³-hybridized carbons (Fsp3) is 0.444. The van der Waals surface area contributed by atoms with Crippen LogP contribution >= 0.6 is 0 Å². The molecule has 0 fully saturated rings. The summed E-state index contributed by atoms with van der Waals surface area (Å²) in [6, 6.07) is 11.8. The van der Waals surface area contributed by atoms with E-state index in [9.17, 15) is 13.6 Å². The molecule has 0 bridgehead atoms. The van der Waals surface area contributed by atoms with Gasteiger partial charge in [-0.3, -0.25) is 19.5 Å². The van der Waals surface area contributed by atoms with E-state index in [-0.39, 0.29) is 6.04 Å². The summed E-state index contributed by atoms with van der Waals surface area (Å²) < 4.78 is 21.5. The Morgan fingerprint density at radius 2 is 1.89 bits per heavy atom. The minimum absolute atomic E-state index is 0.181. The maximum absolute atomic E-state index is 12.0. The molecule has 0 amide bonds. The number of carbonyl (C=O) groups is 1. The number of carboxylic acids is 1. The molecule has 1 aromatic heterocycles. The maximum Gasteiger partial charge on any atom is 0.323 e. The second kappa shape index (κ2) is 17.9. The fourth-order valence-corrected chi connectivity index (χ4v) is 2.98. The molecule has 1 unspecified atom stereocenters. The van der Waals surface area contributed by atoms with Gasteiger partial charge in [0.2, 0.25) is 0 Å². The first-order valence-corrected chi connectivity index (χ1v) is 11.7. The SMILES string of the molecule is C/C(=C/CF)NC(C)c1ccncc1.CCCc1cc(NCNC(C)(C)C(=O)O)ccc1C#N.CF. The van der Waals surface area contributed by atoms with Gasteiger partial charge in [-0.15, -0.1) is 0 Å². The van der Waals surface area contributed by atoms with E-state index in [0.717, 1.165) is 35.4 Å². The van der Waals surface area contributed by atoms with Gasteiger partial charge in [-0.05, 0) is 81.7 Å². The lowest BCUT2D eigenvalue weighted by molar-refractivity contribution is -0.143. The number of nitrogens with zero attached hydrogens (tertiary/aromatic N) is 2. The second-order valence-electron chi connectivity index (χ2n) is 8.38. The van der Waals surface area contributed by atoms with E-state index in [1.807, 2.05) is 38.1 Å². The van der Waals surface area contributed by atoms with Crippen molar-refractivity contribution >= 4 is 11.7 Å². The Labute approximate surface area is 213 Å². The fourth-order valence-electron chi connectivity index (χ4n) is 2.98. The molecule has 7 nitrogen and oxygen atoms in total. The molecule has 0 radical (unpaired) electrons. The zero-order chi connectivity index (χ0) is 27.6. The van der Waals surface area contributed by atoms with Gasteiger partial charge in [0.15, 0.2) is 0 Å². The van der Waals surface area contributed by atoms with Gasteiger partial charge >= 0.3 is 5.97 Å². The number of hydrogen-bond acceptors (Lipinski definition) is 6. The molecule has 4 N–H and O–H groups in total. The Kier molecular flexibility index (Phi) is 16.1. The molecule has 36 heavy (non-hydrogen) atoms. The molecule has 0 aliphatic rings. The van der Waals surface area contributed by atoms with Crippen LogP contribution in [0.2, 0.25) is 0 Å². The lowest BCUT2D eigenvalue weighted by Gasteiger charge is -2.21. The Balaban J connectivity index is 0.000000671. The largest absolute Gasteiger partial charge is 0.480 e. The normalized spacial score (nSPS) is 11.6. The number of benzene rings is 1. The van der Waals surface area contributed by atoms with E-state index in [4.69, 9.17) is 10.4 Å². The Morgan fingerprint density at radius 3 is 2.42 bits per heavy atom. The quantitative estimate of drug-likeness (QED) is 0.299. The highest BCUT2D eigenvalue weighted by atomic mass is 19.1. The number of alkyl halides is 2. The lowest BCUT2D eigenvalue weighted by Crippen LogP contribution is -2.48. The first-order chi connectivity index (χ1) is 17.1. The van der Waals surface area contributed by atoms with Crippen LogP contribution in [0.1, 0.15) is 63.8 Å². The molecule has 9 heteroatoms. The predicted molar refractivity (Wildman–Crippen MR) is 141 cm³/mol. The number of aliphatic carboxylic acids is 1. The van der Waals surface area contributed by atoms with E-state index in [2.05, 4.69) is 33.9 Å². The summed E-state index contributed by atoms with van der Waals surface area (Å²) >= 11 is 0. The van der Waals surface area contributed by atoms with Crippen LogP contribution < -0.4 is 16.0 Å². The Bertz CT molecular complexity index is 976. The number of aryl methyl sites for hydroxylation is 1. The zero-order valence-corrected chi connectivity index (χ0v) is 22.0. The monoisotopic (exact) mass is 503 g/mol. The van der Waals surface area contributed by atoms with Crippen molar-refractivity contribution in [2.75, 3.05) is 25.8 Å². The lowest BCUT2D eigenvalue weighted by atomic mass is 10.0. The van der Waals surface area contributed by atoms with Crippen LogP contribution in [0.3, 0.4) is 0 Å². The third-order valence-electron chi connectivity index (χ3n) is 5.14. The first-order valence-electron chi connectivity index (χ1n) is 11.7. The van der Waals surface area contributed by atoms with Crippen molar-refractivity contribution in [1.82, 2.24) is 15.6 Å². The average molecular weight is 504 g/mol. The smallest absolute Gasteiger partial charge is 0.323 e. The van der Waals surface area contributed by atoms with Crippen molar-refractivity contribution in [2.45, 2.75) is 59.0 Å². The van der Waals surface area contributed by atoms with E-state index in [1.165, 1.54) is 6.08 Å². The van der Waals surface area contributed by atoms with Crippen LogP contribution in [0.4, 0.5) is 14.5 Å². The van der Waals surface area contributed by atoms with E-state index in [1.54, 1.807) is 32.3 Å². The summed E-state index contributed by atoms with van der Waals surface area (Å²) in [5, 5.41) is 27.2. The van der Waals surface area contributed by atoms with Crippen molar-refractivity contribution in [2.24, 2.45) is 0 Å². The summed E-state index contributed by atoms with van der Waals surface area (Å²) in [6.07, 6.45) is 6.86. The number of halogens is 2. The van der Waals surface area contributed by atoms with E-state index < -0.39 is 18.2 Å². The van der Waals surface area contributed by atoms with Crippen LogP contribution in [0, 0.1) is 11.3 Å². The van der Waals surface area contributed by atoms with Gasteiger partial charge in [-0.2, -0.15) is 5.26 Å². The number of carboxylic acid groups (broad SMARTS) is 1. The van der Waals surface area contributed by atoms with Gasteiger partial charge in [0.05, 0.1) is 25.5 Å². The summed E-state index contributed by atoms with van der Waals surface area (Å²) in [5.41, 5.74) is 3.60. The molecular formula is C27H39F2N5O2. The molecule has 1 aromatic carbocycles.